The lowest BCUT2D eigenvalue weighted by atomic mass is 10.0. The molecule has 0 aliphatic rings. The fraction of sp³-hybridized carbons (Fsp3) is 0. The Morgan fingerprint density at radius 2 is 2.12 bits per heavy atom. The highest BCUT2D eigenvalue weighted by Gasteiger charge is 2.11. The summed E-state index contributed by atoms with van der Waals surface area (Å²) in [5.41, 5.74) is 1.56. The van der Waals surface area contributed by atoms with Crippen LogP contribution in [0.15, 0.2) is 42.7 Å². The van der Waals surface area contributed by atoms with Crippen molar-refractivity contribution in [2.24, 2.45) is 0 Å². The number of hydrogen-bond acceptors (Lipinski definition) is 2. The van der Waals surface area contributed by atoms with Crippen molar-refractivity contribution in [1.29, 1.82) is 0 Å². The van der Waals surface area contributed by atoms with Crippen molar-refractivity contribution in [1.82, 2.24) is 4.98 Å². The fourth-order valence-electron chi connectivity index (χ4n) is 1.47. The summed E-state index contributed by atoms with van der Waals surface area (Å²) in [4.78, 5) is 15.0. The smallest absolute Gasteiger partial charge is 0.336 e. The summed E-state index contributed by atoms with van der Waals surface area (Å²) in [7, 11) is 0. The summed E-state index contributed by atoms with van der Waals surface area (Å²) in [6, 6.07) is 8.35. The Kier molecular flexibility index (Phi) is 2.88. The summed E-state index contributed by atoms with van der Waals surface area (Å²) in [6.45, 7) is 0. The molecule has 0 saturated heterocycles. The largest absolute Gasteiger partial charge is 0.478 e. The molecule has 0 radical (unpaired) electrons. The van der Waals surface area contributed by atoms with Crippen LogP contribution >= 0.6 is 11.6 Å². The van der Waals surface area contributed by atoms with Crippen molar-refractivity contribution in [3.05, 3.63) is 53.3 Å². The minimum absolute atomic E-state index is 0.181. The number of halogens is 1. The number of benzene rings is 1. The number of nitrogens with zero attached hydrogens (tertiary/aromatic N) is 1. The summed E-state index contributed by atoms with van der Waals surface area (Å²) < 4.78 is 0. The number of hydrogen-bond donors (Lipinski definition) is 1. The first-order valence-corrected chi connectivity index (χ1v) is 4.99. The van der Waals surface area contributed by atoms with E-state index in [1.807, 2.05) is 6.07 Å². The van der Waals surface area contributed by atoms with Gasteiger partial charge in [0.15, 0.2) is 0 Å². The number of pyridine rings is 1. The van der Waals surface area contributed by atoms with Crippen molar-refractivity contribution >= 4 is 17.6 Å². The molecule has 0 aliphatic carbocycles. The molecule has 1 aromatic carbocycles. The van der Waals surface area contributed by atoms with E-state index in [0.29, 0.717) is 10.6 Å². The highest BCUT2D eigenvalue weighted by molar-refractivity contribution is 6.31. The average molecular weight is 234 g/mol. The number of aromatic nitrogens is 1. The van der Waals surface area contributed by atoms with Gasteiger partial charge in [0.1, 0.15) is 0 Å². The van der Waals surface area contributed by atoms with Crippen LogP contribution < -0.4 is 0 Å². The maximum Gasteiger partial charge on any atom is 0.336 e. The van der Waals surface area contributed by atoms with Gasteiger partial charge in [0.05, 0.1) is 5.56 Å². The highest BCUT2D eigenvalue weighted by Crippen LogP contribution is 2.25. The normalized spacial score (nSPS) is 10.1. The monoisotopic (exact) mass is 233 g/mol. The van der Waals surface area contributed by atoms with E-state index in [4.69, 9.17) is 16.7 Å². The molecular formula is C12H8ClNO2. The molecule has 0 atom stereocenters. The molecule has 0 spiro atoms. The zero-order valence-electron chi connectivity index (χ0n) is 8.22. The number of carboxylic acids is 1. The van der Waals surface area contributed by atoms with Crippen LogP contribution in [-0.2, 0) is 0 Å². The van der Waals surface area contributed by atoms with E-state index in [9.17, 15) is 4.79 Å². The number of carboxylic acid groups (broad SMARTS) is 1. The van der Waals surface area contributed by atoms with E-state index in [1.54, 1.807) is 30.6 Å². The molecule has 0 unspecified atom stereocenters. The van der Waals surface area contributed by atoms with E-state index in [1.165, 1.54) is 6.07 Å². The summed E-state index contributed by atoms with van der Waals surface area (Å²) >= 11 is 5.77. The van der Waals surface area contributed by atoms with Crippen LogP contribution in [0.1, 0.15) is 10.4 Å². The summed E-state index contributed by atoms with van der Waals surface area (Å²) in [5, 5.41) is 9.48. The number of aromatic carboxylic acids is 1. The van der Waals surface area contributed by atoms with E-state index in [-0.39, 0.29) is 5.56 Å². The number of rotatable bonds is 2. The Bertz CT molecular complexity index is 526. The SMILES string of the molecule is O=C(O)c1cc(Cl)ccc1-c1cccnc1. The van der Waals surface area contributed by atoms with E-state index < -0.39 is 5.97 Å². The van der Waals surface area contributed by atoms with Gasteiger partial charge in [-0.2, -0.15) is 0 Å². The van der Waals surface area contributed by atoms with E-state index in [0.717, 1.165) is 5.56 Å². The van der Waals surface area contributed by atoms with Crippen LogP contribution in [0.5, 0.6) is 0 Å². The van der Waals surface area contributed by atoms with Crippen molar-refractivity contribution in [2.75, 3.05) is 0 Å². The van der Waals surface area contributed by atoms with Gasteiger partial charge in [-0.1, -0.05) is 23.7 Å². The van der Waals surface area contributed by atoms with Gasteiger partial charge in [0.2, 0.25) is 0 Å². The second kappa shape index (κ2) is 4.33. The molecule has 0 aliphatic heterocycles. The predicted octanol–water partition coefficient (Wildman–Crippen LogP) is 3.10. The van der Waals surface area contributed by atoms with Gasteiger partial charge in [-0.15, -0.1) is 0 Å². The minimum atomic E-state index is -0.999. The van der Waals surface area contributed by atoms with Crippen LogP contribution in [0, 0.1) is 0 Å². The topological polar surface area (TPSA) is 50.2 Å². The van der Waals surface area contributed by atoms with Gasteiger partial charge in [0.25, 0.3) is 0 Å². The van der Waals surface area contributed by atoms with Crippen LogP contribution in [0.4, 0.5) is 0 Å². The second-order valence-corrected chi connectivity index (χ2v) is 3.67. The summed E-state index contributed by atoms with van der Waals surface area (Å²) in [5.74, 6) is -0.999. The Morgan fingerprint density at radius 1 is 1.31 bits per heavy atom. The third-order valence-corrected chi connectivity index (χ3v) is 2.42. The third-order valence-electron chi connectivity index (χ3n) is 2.18. The summed E-state index contributed by atoms with van der Waals surface area (Å²) in [6.07, 6.45) is 3.26. The van der Waals surface area contributed by atoms with Crippen LogP contribution in [0.25, 0.3) is 11.1 Å². The molecular weight excluding hydrogens is 226 g/mol. The van der Waals surface area contributed by atoms with E-state index in [2.05, 4.69) is 4.98 Å². The lowest BCUT2D eigenvalue weighted by Crippen LogP contribution is -1.99. The number of carbonyl (C=O) groups is 1. The average Bonchev–Trinajstić information content (AvgIpc) is 2.30. The molecule has 3 nitrogen and oxygen atoms in total. The molecule has 0 fully saturated rings. The standard InChI is InChI=1S/C12H8ClNO2/c13-9-3-4-10(11(6-9)12(15)16)8-2-1-5-14-7-8/h1-7H,(H,15,16). The molecule has 1 heterocycles. The molecule has 1 N–H and O–H groups in total. The Morgan fingerprint density at radius 3 is 2.75 bits per heavy atom. The Labute approximate surface area is 97.3 Å². The first kappa shape index (κ1) is 10.6. The zero-order valence-corrected chi connectivity index (χ0v) is 8.98. The van der Waals surface area contributed by atoms with Crippen molar-refractivity contribution < 1.29 is 9.90 Å². The second-order valence-electron chi connectivity index (χ2n) is 3.24. The first-order valence-electron chi connectivity index (χ1n) is 4.62. The molecule has 80 valence electrons. The molecule has 0 amide bonds. The third kappa shape index (κ3) is 2.04. The maximum absolute atomic E-state index is 11.1. The maximum atomic E-state index is 11.1. The van der Waals surface area contributed by atoms with Gasteiger partial charge in [-0.05, 0) is 23.8 Å². The van der Waals surface area contributed by atoms with Crippen LogP contribution in [0.3, 0.4) is 0 Å². The van der Waals surface area contributed by atoms with Gasteiger partial charge < -0.3 is 5.11 Å². The van der Waals surface area contributed by atoms with Crippen LogP contribution in [-0.4, -0.2) is 16.1 Å². The van der Waals surface area contributed by atoms with E-state index >= 15 is 0 Å². The zero-order chi connectivity index (χ0) is 11.5. The van der Waals surface area contributed by atoms with Gasteiger partial charge in [-0.25, -0.2) is 4.79 Å². The highest BCUT2D eigenvalue weighted by atomic mass is 35.5. The minimum Gasteiger partial charge on any atom is -0.478 e. The van der Waals surface area contributed by atoms with Gasteiger partial charge in [0, 0.05) is 23.0 Å². The molecule has 0 bridgehead atoms. The van der Waals surface area contributed by atoms with Crippen LogP contribution in [0.2, 0.25) is 5.02 Å². The van der Waals surface area contributed by atoms with Crippen molar-refractivity contribution in [3.63, 3.8) is 0 Å². The molecule has 16 heavy (non-hydrogen) atoms. The Balaban J connectivity index is 2.61. The van der Waals surface area contributed by atoms with Gasteiger partial charge in [-0.3, -0.25) is 4.98 Å². The molecule has 2 rings (SSSR count). The first-order chi connectivity index (χ1) is 7.68. The Hall–Kier alpha value is -1.87. The lowest BCUT2D eigenvalue weighted by Gasteiger charge is -2.05. The molecule has 2 aromatic rings. The molecule has 0 saturated carbocycles. The molecule has 4 heteroatoms. The quantitative estimate of drug-likeness (QED) is 0.867. The fourth-order valence-corrected chi connectivity index (χ4v) is 1.64. The van der Waals surface area contributed by atoms with Crippen molar-refractivity contribution in [2.45, 2.75) is 0 Å². The molecule has 1 aromatic heterocycles. The van der Waals surface area contributed by atoms with Gasteiger partial charge >= 0.3 is 5.97 Å². The lowest BCUT2D eigenvalue weighted by molar-refractivity contribution is 0.0697. The van der Waals surface area contributed by atoms with Crippen molar-refractivity contribution in [3.8, 4) is 11.1 Å². The predicted molar refractivity (Wildman–Crippen MR) is 61.6 cm³/mol.